The minimum absolute atomic E-state index is 0.778. The fourth-order valence-electron chi connectivity index (χ4n) is 0.748. The summed E-state index contributed by atoms with van der Waals surface area (Å²) in [7, 11) is 0. The monoisotopic (exact) mass is 196 g/mol. The van der Waals surface area contributed by atoms with E-state index in [9.17, 15) is 0 Å². The van der Waals surface area contributed by atoms with Gasteiger partial charge in [0.1, 0.15) is 0 Å². The molecular weight excluding hydrogens is 184 g/mol. The maximum Gasteiger partial charge on any atom is 0.0196 e. The molecule has 0 unspecified atom stereocenters. The smallest absolute Gasteiger partial charge is 0.0196 e. The quantitative estimate of drug-likeness (QED) is 0.438. The first-order valence-electron chi connectivity index (χ1n) is 3.78. The van der Waals surface area contributed by atoms with Gasteiger partial charge in [0.15, 0.2) is 0 Å². The Kier molecular flexibility index (Phi) is 4.33. The minimum atomic E-state index is 0.778. The molecule has 12 heavy (non-hydrogen) atoms. The maximum absolute atomic E-state index is 4.15. The van der Waals surface area contributed by atoms with Crippen molar-refractivity contribution in [3.8, 4) is 0 Å². The topological polar surface area (TPSA) is 0 Å². The summed E-state index contributed by atoms with van der Waals surface area (Å²) in [5, 5.41) is 0. The minimum Gasteiger partial charge on any atom is -0.175 e. The molecule has 0 aromatic heterocycles. The van der Waals surface area contributed by atoms with Gasteiger partial charge >= 0.3 is 0 Å². The highest BCUT2D eigenvalue weighted by Crippen LogP contribution is 2.19. The van der Waals surface area contributed by atoms with Crippen LogP contribution in [-0.4, -0.2) is 11.5 Å². The fourth-order valence-corrected chi connectivity index (χ4v) is 1.83. The number of benzene rings is 1. The molecule has 0 aliphatic heterocycles. The first kappa shape index (κ1) is 9.75. The van der Waals surface area contributed by atoms with Crippen molar-refractivity contribution in [2.45, 2.75) is 4.90 Å². The molecule has 2 heteroatoms. The van der Waals surface area contributed by atoms with Crippen LogP contribution >= 0.6 is 24.4 Å². The van der Waals surface area contributed by atoms with Crippen molar-refractivity contribution in [2.75, 3.05) is 11.5 Å². The second-order valence-electron chi connectivity index (χ2n) is 2.51. The van der Waals surface area contributed by atoms with Crippen LogP contribution in [0.3, 0.4) is 0 Å². The van der Waals surface area contributed by atoms with Crippen LogP contribution in [0.2, 0.25) is 0 Å². The van der Waals surface area contributed by atoms with Crippen LogP contribution in [0, 0.1) is 0 Å². The van der Waals surface area contributed by atoms with Crippen LogP contribution in [-0.2, 0) is 0 Å². The third kappa shape index (κ3) is 3.37. The third-order valence-electron chi connectivity index (χ3n) is 1.41. The van der Waals surface area contributed by atoms with Crippen molar-refractivity contribution in [3.63, 3.8) is 0 Å². The van der Waals surface area contributed by atoms with Crippen molar-refractivity contribution >= 4 is 24.4 Å². The standard InChI is InChI=1S/C10H12S2/c1-9(7-11)8-12-10-5-3-2-4-6-10/h2-6,11H,1,7-8H2. The van der Waals surface area contributed by atoms with E-state index in [1.165, 1.54) is 10.5 Å². The van der Waals surface area contributed by atoms with Gasteiger partial charge in [0, 0.05) is 16.4 Å². The van der Waals surface area contributed by atoms with Gasteiger partial charge in [-0.15, -0.1) is 11.8 Å². The molecule has 1 aromatic carbocycles. The van der Waals surface area contributed by atoms with Crippen molar-refractivity contribution in [1.82, 2.24) is 0 Å². The molecule has 0 aliphatic rings. The molecule has 0 heterocycles. The molecule has 0 atom stereocenters. The summed E-state index contributed by atoms with van der Waals surface area (Å²) >= 11 is 5.95. The summed E-state index contributed by atoms with van der Waals surface area (Å²) in [6.07, 6.45) is 0. The maximum atomic E-state index is 4.15. The zero-order valence-electron chi connectivity index (χ0n) is 6.86. The molecule has 0 amide bonds. The molecule has 1 aromatic rings. The lowest BCUT2D eigenvalue weighted by Gasteiger charge is -2.01. The van der Waals surface area contributed by atoms with Crippen molar-refractivity contribution in [1.29, 1.82) is 0 Å². The number of thioether (sulfide) groups is 1. The lowest BCUT2D eigenvalue weighted by molar-refractivity contribution is 1.42. The van der Waals surface area contributed by atoms with Gasteiger partial charge in [0.25, 0.3) is 0 Å². The van der Waals surface area contributed by atoms with E-state index in [1.807, 2.05) is 18.2 Å². The Labute approximate surface area is 83.5 Å². The summed E-state index contributed by atoms with van der Waals surface area (Å²) < 4.78 is 0. The highest BCUT2D eigenvalue weighted by molar-refractivity contribution is 7.99. The van der Waals surface area contributed by atoms with E-state index in [4.69, 9.17) is 0 Å². The highest BCUT2D eigenvalue weighted by atomic mass is 32.2. The Morgan fingerprint density at radius 2 is 2.00 bits per heavy atom. The van der Waals surface area contributed by atoms with Gasteiger partial charge in [-0.25, -0.2) is 0 Å². The van der Waals surface area contributed by atoms with E-state index < -0.39 is 0 Å². The SMILES string of the molecule is C=C(CS)CSc1ccccc1. The van der Waals surface area contributed by atoms with E-state index in [2.05, 4.69) is 31.3 Å². The molecule has 0 bridgehead atoms. The first-order valence-corrected chi connectivity index (χ1v) is 5.40. The third-order valence-corrected chi connectivity index (χ3v) is 3.02. The zero-order valence-corrected chi connectivity index (χ0v) is 8.57. The highest BCUT2D eigenvalue weighted by Gasteiger charge is 1.93. The van der Waals surface area contributed by atoms with E-state index in [0.29, 0.717) is 0 Å². The number of hydrogen-bond donors (Lipinski definition) is 1. The van der Waals surface area contributed by atoms with Crippen LogP contribution in [0.4, 0.5) is 0 Å². The Bertz CT molecular complexity index is 241. The predicted molar refractivity (Wildman–Crippen MR) is 60.2 cm³/mol. The van der Waals surface area contributed by atoms with Gasteiger partial charge in [-0.05, 0) is 12.1 Å². The summed E-state index contributed by atoms with van der Waals surface area (Å²) in [5.41, 5.74) is 1.17. The Morgan fingerprint density at radius 1 is 1.33 bits per heavy atom. The molecule has 0 N–H and O–H groups in total. The van der Waals surface area contributed by atoms with Crippen LogP contribution in [0.5, 0.6) is 0 Å². The van der Waals surface area contributed by atoms with Crippen molar-refractivity contribution < 1.29 is 0 Å². The summed E-state index contributed by atoms with van der Waals surface area (Å²) in [6.45, 7) is 3.89. The molecule has 1 rings (SSSR count). The lowest BCUT2D eigenvalue weighted by atomic mass is 10.4. The molecule has 0 saturated heterocycles. The molecule has 0 fully saturated rings. The van der Waals surface area contributed by atoms with E-state index in [0.717, 1.165) is 11.5 Å². The normalized spacial score (nSPS) is 9.75. The Balaban J connectivity index is 2.38. The summed E-state index contributed by atoms with van der Waals surface area (Å²) in [4.78, 5) is 1.29. The average Bonchev–Trinajstić information content (AvgIpc) is 2.16. The van der Waals surface area contributed by atoms with Gasteiger partial charge < -0.3 is 0 Å². The van der Waals surface area contributed by atoms with Crippen LogP contribution in [0.25, 0.3) is 0 Å². The Morgan fingerprint density at radius 3 is 2.58 bits per heavy atom. The molecule has 0 spiro atoms. The summed E-state index contributed by atoms with van der Waals surface area (Å²) in [6, 6.07) is 10.3. The van der Waals surface area contributed by atoms with Crippen LogP contribution in [0.15, 0.2) is 47.4 Å². The zero-order chi connectivity index (χ0) is 8.81. The Hall–Kier alpha value is -0.340. The van der Waals surface area contributed by atoms with E-state index in [-0.39, 0.29) is 0 Å². The molecular formula is C10H12S2. The van der Waals surface area contributed by atoms with Gasteiger partial charge in [-0.2, -0.15) is 12.6 Å². The van der Waals surface area contributed by atoms with Gasteiger partial charge in [0.05, 0.1) is 0 Å². The number of hydrogen-bond acceptors (Lipinski definition) is 2. The molecule has 0 nitrogen and oxygen atoms in total. The van der Waals surface area contributed by atoms with Crippen LogP contribution < -0.4 is 0 Å². The molecule has 0 saturated carbocycles. The van der Waals surface area contributed by atoms with Crippen molar-refractivity contribution in [2.24, 2.45) is 0 Å². The largest absolute Gasteiger partial charge is 0.175 e. The summed E-state index contributed by atoms with van der Waals surface area (Å²) in [5.74, 6) is 1.74. The second kappa shape index (κ2) is 5.33. The second-order valence-corrected chi connectivity index (χ2v) is 3.87. The predicted octanol–water partition coefficient (Wildman–Crippen LogP) is 3.26. The molecule has 0 radical (unpaired) electrons. The van der Waals surface area contributed by atoms with Gasteiger partial charge in [-0.3, -0.25) is 0 Å². The van der Waals surface area contributed by atoms with E-state index >= 15 is 0 Å². The molecule has 64 valence electrons. The molecule has 0 aliphatic carbocycles. The lowest BCUT2D eigenvalue weighted by Crippen LogP contribution is -1.85. The van der Waals surface area contributed by atoms with Gasteiger partial charge in [-0.1, -0.05) is 30.4 Å². The van der Waals surface area contributed by atoms with E-state index in [1.54, 1.807) is 11.8 Å². The van der Waals surface area contributed by atoms with Crippen LogP contribution in [0.1, 0.15) is 0 Å². The first-order chi connectivity index (χ1) is 5.83. The average molecular weight is 196 g/mol. The van der Waals surface area contributed by atoms with Crippen molar-refractivity contribution in [3.05, 3.63) is 42.5 Å². The number of thiol groups is 1. The van der Waals surface area contributed by atoms with Gasteiger partial charge in [0.2, 0.25) is 0 Å². The number of rotatable bonds is 4. The fraction of sp³-hybridized carbons (Fsp3) is 0.200.